The third kappa shape index (κ3) is 4.60. The molecule has 0 unspecified atom stereocenters. The second-order valence-corrected chi connectivity index (χ2v) is 6.09. The van der Waals surface area contributed by atoms with Crippen LogP contribution in [0.3, 0.4) is 0 Å². The molecule has 3 aromatic rings. The Hall–Kier alpha value is -3.43. The van der Waals surface area contributed by atoms with Gasteiger partial charge in [-0.15, -0.1) is 0 Å². The molecule has 1 amide bonds. The molecular weight excluding hydrogens is 366 g/mol. The van der Waals surface area contributed by atoms with Crippen LogP contribution in [-0.4, -0.2) is 23.5 Å². The molecule has 0 aliphatic heterocycles. The highest BCUT2D eigenvalue weighted by Crippen LogP contribution is 2.20. The third-order valence-electron chi connectivity index (χ3n) is 3.79. The maximum atomic E-state index is 12.1. The number of anilines is 1. The van der Waals surface area contributed by atoms with E-state index in [0.29, 0.717) is 11.3 Å². The van der Waals surface area contributed by atoms with Gasteiger partial charge in [0.25, 0.3) is 5.91 Å². The van der Waals surface area contributed by atoms with Gasteiger partial charge in [0.1, 0.15) is 6.07 Å². The molecule has 2 aromatic carbocycles. The Kier molecular flexibility index (Phi) is 5.64. The molecule has 0 aliphatic rings. The highest BCUT2D eigenvalue weighted by molar-refractivity contribution is 6.32. The lowest BCUT2D eigenvalue weighted by Gasteiger charge is -2.08. The summed E-state index contributed by atoms with van der Waals surface area (Å²) in [5.74, 6) is -1.03. The molecule has 1 heterocycles. The van der Waals surface area contributed by atoms with E-state index < -0.39 is 18.5 Å². The Morgan fingerprint density at radius 3 is 2.78 bits per heavy atom. The number of ether oxygens (including phenoxy) is 1. The Labute approximate surface area is 160 Å². The smallest absolute Gasteiger partial charge is 0.310 e. The number of amides is 1. The number of rotatable bonds is 5. The Morgan fingerprint density at radius 1 is 1.19 bits per heavy atom. The number of pyridine rings is 1. The fraction of sp³-hybridized carbons (Fsp3) is 0.100. The maximum absolute atomic E-state index is 12.1. The van der Waals surface area contributed by atoms with E-state index in [1.807, 2.05) is 30.3 Å². The van der Waals surface area contributed by atoms with Crippen molar-refractivity contribution in [2.45, 2.75) is 6.42 Å². The molecule has 3 rings (SSSR count). The number of hydrogen-bond acceptors (Lipinski definition) is 5. The number of para-hydroxylation sites is 1. The number of aromatic nitrogens is 1. The number of carbonyl (C=O) groups excluding carboxylic acids is 2. The number of esters is 1. The minimum atomic E-state index is -0.527. The third-order valence-corrected chi connectivity index (χ3v) is 4.10. The molecule has 0 saturated carbocycles. The molecule has 0 atom stereocenters. The number of nitrogens with zero attached hydrogens (tertiary/aromatic N) is 2. The fourth-order valence-corrected chi connectivity index (χ4v) is 2.77. The van der Waals surface area contributed by atoms with Crippen molar-refractivity contribution in [2.75, 3.05) is 11.9 Å². The lowest BCUT2D eigenvalue weighted by atomic mass is 10.1. The van der Waals surface area contributed by atoms with Crippen LogP contribution in [0.2, 0.25) is 5.02 Å². The predicted octanol–water partition coefficient (Wildman–Crippen LogP) is 3.48. The zero-order valence-electron chi connectivity index (χ0n) is 14.1. The molecule has 0 spiro atoms. The number of fused-ring (bicyclic) bond motifs is 1. The second-order valence-electron chi connectivity index (χ2n) is 5.68. The zero-order chi connectivity index (χ0) is 19.2. The zero-order valence-corrected chi connectivity index (χ0v) is 14.9. The summed E-state index contributed by atoms with van der Waals surface area (Å²) in [6.45, 7) is -0.422. The molecule has 134 valence electrons. The van der Waals surface area contributed by atoms with Gasteiger partial charge in [0.05, 0.1) is 22.5 Å². The van der Waals surface area contributed by atoms with Crippen LogP contribution in [0.4, 0.5) is 5.69 Å². The van der Waals surface area contributed by atoms with E-state index in [4.69, 9.17) is 21.6 Å². The predicted molar refractivity (Wildman–Crippen MR) is 101 cm³/mol. The van der Waals surface area contributed by atoms with Gasteiger partial charge < -0.3 is 10.1 Å². The van der Waals surface area contributed by atoms with E-state index >= 15 is 0 Å². The van der Waals surface area contributed by atoms with Crippen LogP contribution in [0.15, 0.2) is 54.7 Å². The van der Waals surface area contributed by atoms with E-state index in [1.54, 1.807) is 18.3 Å². The molecule has 0 bridgehead atoms. The van der Waals surface area contributed by atoms with E-state index in [1.165, 1.54) is 12.1 Å². The number of benzene rings is 2. The van der Waals surface area contributed by atoms with Crippen molar-refractivity contribution >= 4 is 40.1 Å². The molecule has 0 aliphatic carbocycles. The first-order valence-electron chi connectivity index (χ1n) is 8.04. The van der Waals surface area contributed by atoms with Crippen molar-refractivity contribution in [3.63, 3.8) is 0 Å². The summed E-state index contributed by atoms with van der Waals surface area (Å²) in [4.78, 5) is 28.3. The first-order valence-corrected chi connectivity index (χ1v) is 8.42. The van der Waals surface area contributed by atoms with Crippen molar-refractivity contribution in [2.24, 2.45) is 0 Å². The van der Waals surface area contributed by atoms with Gasteiger partial charge in [-0.25, -0.2) is 0 Å². The summed E-state index contributed by atoms with van der Waals surface area (Å²) < 4.78 is 5.04. The Morgan fingerprint density at radius 2 is 2.00 bits per heavy atom. The highest BCUT2D eigenvalue weighted by atomic mass is 35.5. The molecule has 6 nitrogen and oxygen atoms in total. The van der Waals surface area contributed by atoms with Gasteiger partial charge in [0.2, 0.25) is 0 Å². The van der Waals surface area contributed by atoms with Crippen molar-refractivity contribution in [1.29, 1.82) is 5.26 Å². The molecule has 1 aromatic heterocycles. The van der Waals surface area contributed by atoms with Crippen molar-refractivity contribution in [3.8, 4) is 6.07 Å². The number of nitrogens with one attached hydrogen (secondary N) is 1. The summed E-state index contributed by atoms with van der Waals surface area (Å²) in [5.41, 5.74) is 2.19. The monoisotopic (exact) mass is 379 g/mol. The minimum absolute atomic E-state index is 0.0182. The van der Waals surface area contributed by atoms with Crippen LogP contribution >= 0.6 is 11.6 Å². The molecule has 0 fully saturated rings. The Bertz CT molecular complexity index is 1050. The van der Waals surface area contributed by atoms with Gasteiger partial charge in [0, 0.05) is 17.3 Å². The first-order chi connectivity index (χ1) is 13.1. The van der Waals surface area contributed by atoms with Gasteiger partial charge in [-0.2, -0.15) is 5.26 Å². The molecular formula is C20H14ClN3O3. The second kappa shape index (κ2) is 8.30. The van der Waals surface area contributed by atoms with Crippen LogP contribution in [0, 0.1) is 11.3 Å². The topological polar surface area (TPSA) is 92.1 Å². The average Bonchev–Trinajstić information content (AvgIpc) is 2.67. The van der Waals surface area contributed by atoms with Crippen LogP contribution in [0.25, 0.3) is 10.9 Å². The van der Waals surface area contributed by atoms with Crippen LogP contribution in [0.5, 0.6) is 0 Å². The summed E-state index contributed by atoms with van der Waals surface area (Å²) in [5, 5.41) is 12.6. The first kappa shape index (κ1) is 18.4. The maximum Gasteiger partial charge on any atom is 0.310 e. The van der Waals surface area contributed by atoms with E-state index in [0.717, 1.165) is 16.5 Å². The Balaban J connectivity index is 1.56. The van der Waals surface area contributed by atoms with Crippen molar-refractivity contribution in [3.05, 3.63) is 70.9 Å². The van der Waals surface area contributed by atoms with Gasteiger partial charge in [-0.1, -0.05) is 35.9 Å². The van der Waals surface area contributed by atoms with Crippen LogP contribution in [-0.2, 0) is 20.7 Å². The average molecular weight is 380 g/mol. The summed E-state index contributed by atoms with van der Waals surface area (Å²) in [7, 11) is 0. The summed E-state index contributed by atoms with van der Waals surface area (Å²) >= 11 is 5.91. The highest BCUT2D eigenvalue weighted by Gasteiger charge is 2.12. The van der Waals surface area contributed by atoms with Crippen molar-refractivity contribution < 1.29 is 14.3 Å². The summed E-state index contributed by atoms with van der Waals surface area (Å²) in [6.07, 6.45) is 1.68. The molecule has 7 heteroatoms. The van der Waals surface area contributed by atoms with E-state index in [-0.39, 0.29) is 11.4 Å². The number of carbonyl (C=O) groups is 2. The van der Waals surface area contributed by atoms with Crippen molar-refractivity contribution in [1.82, 2.24) is 4.98 Å². The SMILES string of the molecule is N#Cc1ccc(NC(=O)COC(=O)Cc2cccc3cccnc23)cc1Cl. The number of hydrogen-bond donors (Lipinski definition) is 1. The number of nitriles is 1. The van der Waals surface area contributed by atoms with Crippen LogP contribution < -0.4 is 5.32 Å². The summed E-state index contributed by atoms with van der Waals surface area (Å²) in [6, 6.07) is 15.7. The molecule has 0 saturated heterocycles. The molecule has 1 N–H and O–H groups in total. The van der Waals surface area contributed by atoms with Gasteiger partial charge >= 0.3 is 5.97 Å². The van der Waals surface area contributed by atoms with Crippen LogP contribution in [0.1, 0.15) is 11.1 Å². The number of halogens is 1. The fourth-order valence-electron chi connectivity index (χ4n) is 2.54. The lowest BCUT2D eigenvalue weighted by molar-refractivity contribution is -0.146. The van der Waals surface area contributed by atoms with Gasteiger partial charge in [-0.05, 0) is 29.8 Å². The molecule has 0 radical (unpaired) electrons. The standard InChI is InChI=1S/C20H14ClN3O3/c21-17-10-16(7-6-15(17)11-22)24-18(25)12-27-19(26)9-14-4-1-3-13-5-2-8-23-20(13)14/h1-8,10H,9,12H2,(H,24,25). The molecule has 27 heavy (non-hydrogen) atoms. The minimum Gasteiger partial charge on any atom is -0.455 e. The lowest BCUT2D eigenvalue weighted by Crippen LogP contribution is -2.21. The van der Waals surface area contributed by atoms with Gasteiger partial charge in [0.15, 0.2) is 6.61 Å². The quantitative estimate of drug-likeness (QED) is 0.685. The van der Waals surface area contributed by atoms with E-state index in [2.05, 4.69) is 10.3 Å². The largest absolute Gasteiger partial charge is 0.455 e. The van der Waals surface area contributed by atoms with Gasteiger partial charge in [-0.3, -0.25) is 14.6 Å². The van der Waals surface area contributed by atoms with E-state index in [9.17, 15) is 9.59 Å². The normalized spacial score (nSPS) is 10.2.